The summed E-state index contributed by atoms with van der Waals surface area (Å²) in [6.07, 6.45) is 0. The Balaban J connectivity index is 1.58. The molecule has 0 aromatic heterocycles. The molecule has 11 nitrogen and oxygen atoms in total. The van der Waals surface area contributed by atoms with Crippen molar-refractivity contribution in [3.05, 3.63) is 107 Å². The van der Waals surface area contributed by atoms with Crippen molar-refractivity contribution < 1.29 is 43.7 Å². The number of anilines is 2. The molecule has 0 saturated carbocycles. The molecule has 0 aliphatic heterocycles. The Morgan fingerprint density at radius 3 is 1.26 bits per heavy atom. The molecule has 4 N–H and O–H groups in total. The van der Waals surface area contributed by atoms with Gasteiger partial charge in [-0.2, -0.15) is 0 Å². The Morgan fingerprint density at radius 1 is 0.511 bits per heavy atom. The van der Waals surface area contributed by atoms with E-state index in [0.717, 1.165) is 0 Å². The van der Waals surface area contributed by atoms with Crippen LogP contribution >= 0.6 is 0 Å². The minimum Gasteiger partial charge on any atom is -0.478 e. The molecule has 6 aromatic rings. The second-order valence-electron chi connectivity index (χ2n) is 10.8. The third kappa shape index (κ3) is 5.57. The van der Waals surface area contributed by atoms with E-state index in [0.29, 0.717) is 32.3 Å². The van der Waals surface area contributed by atoms with Crippen LogP contribution in [0.2, 0.25) is 0 Å². The van der Waals surface area contributed by atoms with E-state index in [1.807, 2.05) is 0 Å². The Labute approximate surface area is 265 Å². The average Bonchev–Trinajstić information content (AvgIpc) is 3.02. The number of carboxylic acid groups (broad SMARTS) is 2. The van der Waals surface area contributed by atoms with Crippen LogP contribution in [0.5, 0.6) is 0 Å². The van der Waals surface area contributed by atoms with Crippen LogP contribution in [0, 0.1) is 0 Å². The van der Waals surface area contributed by atoms with Crippen molar-refractivity contribution >= 4 is 90.2 Å². The number of hydrogen-bond acceptors (Lipinski definition) is 7. The normalized spacial score (nSPS) is 11.0. The van der Waals surface area contributed by atoms with E-state index < -0.39 is 35.7 Å². The lowest BCUT2D eigenvalue weighted by Gasteiger charge is -2.16. The number of nitrogens with one attached hydrogen (secondary N) is 2. The molecule has 232 valence electrons. The third-order valence-electron chi connectivity index (χ3n) is 7.64. The number of fused-ring (bicyclic) bond motifs is 6. The van der Waals surface area contributed by atoms with Crippen molar-refractivity contribution in [3.8, 4) is 0 Å². The first kappa shape index (κ1) is 30.4. The van der Waals surface area contributed by atoms with Crippen molar-refractivity contribution in [1.82, 2.24) is 0 Å². The van der Waals surface area contributed by atoms with Crippen molar-refractivity contribution in [1.29, 1.82) is 0 Å². The van der Waals surface area contributed by atoms with E-state index >= 15 is 0 Å². The average molecular weight is 629 g/mol. The molecule has 0 radical (unpaired) electrons. The minimum absolute atomic E-state index is 0.0304. The van der Waals surface area contributed by atoms with Crippen LogP contribution in [0.3, 0.4) is 0 Å². The molecule has 0 heterocycles. The zero-order valence-corrected chi connectivity index (χ0v) is 24.8. The molecule has 0 aliphatic carbocycles. The Kier molecular flexibility index (Phi) is 7.58. The summed E-state index contributed by atoms with van der Waals surface area (Å²) in [5.41, 5.74) is -0.844. The van der Waals surface area contributed by atoms with E-state index in [1.165, 1.54) is 50.2 Å². The Hall–Kier alpha value is -6.62. The van der Waals surface area contributed by atoms with Crippen LogP contribution in [0.25, 0.3) is 43.1 Å². The first-order chi connectivity index (χ1) is 22.4. The molecular weight excluding hydrogens is 604 g/mol. The molecular formula is C36H24N2O9. The molecule has 2 amide bonds. The minimum atomic E-state index is -1.35. The predicted octanol–water partition coefficient (Wildman–Crippen LogP) is 6.61. The third-order valence-corrected chi connectivity index (χ3v) is 7.64. The van der Waals surface area contributed by atoms with Gasteiger partial charge >= 0.3 is 23.9 Å². The van der Waals surface area contributed by atoms with Crippen molar-refractivity contribution in [3.63, 3.8) is 0 Å². The van der Waals surface area contributed by atoms with Crippen LogP contribution in [-0.4, -0.2) is 45.9 Å². The first-order valence-electron chi connectivity index (χ1n) is 14.2. The number of amides is 2. The summed E-state index contributed by atoms with van der Waals surface area (Å²) in [5, 5.41) is 28.3. The lowest BCUT2D eigenvalue weighted by molar-refractivity contribution is -0.115. The van der Waals surface area contributed by atoms with Crippen LogP contribution in [0.15, 0.2) is 84.9 Å². The number of benzene rings is 6. The summed E-state index contributed by atoms with van der Waals surface area (Å²) < 4.78 is 5.36. The van der Waals surface area contributed by atoms with Crippen molar-refractivity contribution in [2.75, 3.05) is 10.6 Å². The number of carbonyl (C=O) groups excluding carboxylic acids is 4. The largest absolute Gasteiger partial charge is 0.478 e. The van der Waals surface area contributed by atoms with Crippen LogP contribution in [-0.2, 0) is 14.3 Å². The zero-order chi connectivity index (χ0) is 33.6. The highest BCUT2D eigenvalue weighted by Crippen LogP contribution is 2.37. The van der Waals surface area contributed by atoms with Crippen LogP contribution in [0.1, 0.15) is 55.3 Å². The van der Waals surface area contributed by atoms with E-state index in [4.69, 9.17) is 4.74 Å². The monoisotopic (exact) mass is 628 g/mol. The summed E-state index contributed by atoms with van der Waals surface area (Å²) in [7, 11) is 0. The Morgan fingerprint density at radius 2 is 0.894 bits per heavy atom. The van der Waals surface area contributed by atoms with Crippen molar-refractivity contribution in [2.45, 2.75) is 13.8 Å². The van der Waals surface area contributed by atoms with E-state index in [9.17, 15) is 39.0 Å². The summed E-state index contributed by atoms with van der Waals surface area (Å²) in [4.78, 5) is 76.6. The molecule has 6 aromatic carbocycles. The van der Waals surface area contributed by atoms with Crippen molar-refractivity contribution in [2.24, 2.45) is 0 Å². The van der Waals surface area contributed by atoms with Gasteiger partial charge in [0.05, 0.1) is 22.3 Å². The number of carbonyl (C=O) groups is 6. The number of ether oxygens (including phenoxy) is 1. The van der Waals surface area contributed by atoms with Gasteiger partial charge in [0.2, 0.25) is 11.8 Å². The van der Waals surface area contributed by atoms with E-state index in [2.05, 4.69) is 10.6 Å². The zero-order valence-electron chi connectivity index (χ0n) is 24.8. The van der Waals surface area contributed by atoms with Gasteiger partial charge in [-0.3, -0.25) is 9.59 Å². The number of carboxylic acids is 2. The molecule has 11 heteroatoms. The number of rotatable bonds is 6. The fourth-order valence-corrected chi connectivity index (χ4v) is 5.89. The lowest BCUT2D eigenvalue weighted by Crippen LogP contribution is -2.17. The second kappa shape index (κ2) is 11.7. The maximum Gasteiger partial charge on any atom is 0.346 e. The highest BCUT2D eigenvalue weighted by Gasteiger charge is 2.27. The molecule has 0 bridgehead atoms. The standard InChI is InChI=1S/C36H24N2O9/c1-17(39)37-21-13-25-23-9-5-3-7-19(23)11-27(33(41)42)31(25)29(15-21)35(45)47-36(46)30-16-22(38-18(2)40)14-26-24-10-6-4-8-20(24)12-28(32(26)30)34(43)44/h3-16H,1-2H3,(H,37,39)(H,38,40)(H,41,42)(H,43,44). The van der Waals surface area contributed by atoms with E-state index in [1.54, 1.807) is 48.5 Å². The SMILES string of the molecule is CC(=O)Nc1cc(C(=O)OC(=O)c2cc(NC(C)=O)cc3c2c(C(=O)O)cc2ccccc23)c2c(C(=O)O)cc3ccccc3c2c1. The first-order valence-corrected chi connectivity index (χ1v) is 14.2. The molecule has 6 rings (SSSR count). The quantitative estimate of drug-likeness (QED) is 0.0898. The summed E-state index contributed by atoms with van der Waals surface area (Å²) in [6, 6.07) is 22.0. The molecule has 0 spiro atoms. The summed E-state index contributed by atoms with van der Waals surface area (Å²) >= 11 is 0. The molecule has 0 fully saturated rings. The van der Waals surface area contributed by atoms with Gasteiger partial charge in [0, 0.05) is 36.0 Å². The van der Waals surface area contributed by atoms with Gasteiger partial charge in [-0.1, -0.05) is 48.5 Å². The van der Waals surface area contributed by atoms with E-state index in [-0.39, 0.29) is 44.4 Å². The van der Waals surface area contributed by atoms with Gasteiger partial charge in [-0.15, -0.1) is 0 Å². The maximum atomic E-state index is 13.9. The smallest absolute Gasteiger partial charge is 0.346 e. The summed E-state index contributed by atoms with van der Waals surface area (Å²) in [6.45, 7) is 2.52. The van der Waals surface area contributed by atoms with Crippen LogP contribution < -0.4 is 10.6 Å². The lowest BCUT2D eigenvalue weighted by atomic mass is 9.92. The molecule has 0 saturated heterocycles. The van der Waals surface area contributed by atoms with Crippen LogP contribution in [0.4, 0.5) is 11.4 Å². The Bertz CT molecular complexity index is 2230. The van der Waals surface area contributed by atoms with Gasteiger partial charge in [-0.25, -0.2) is 19.2 Å². The molecule has 47 heavy (non-hydrogen) atoms. The highest BCUT2D eigenvalue weighted by molar-refractivity contribution is 6.26. The predicted molar refractivity (Wildman–Crippen MR) is 175 cm³/mol. The van der Waals surface area contributed by atoms with Gasteiger partial charge < -0.3 is 25.6 Å². The maximum absolute atomic E-state index is 13.9. The summed E-state index contributed by atoms with van der Waals surface area (Å²) in [5.74, 6) is -6.12. The van der Waals surface area contributed by atoms with Gasteiger partial charge in [0.15, 0.2) is 0 Å². The fourth-order valence-electron chi connectivity index (χ4n) is 5.89. The molecule has 0 aliphatic rings. The second-order valence-corrected chi connectivity index (χ2v) is 10.8. The van der Waals surface area contributed by atoms with Gasteiger partial charge in [0.25, 0.3) is 0 Å². The number of aromatic carboxylic acids is 2. The molecule has 0 unspecified atom stereocenters. The fraction of sp³-hybridized carbons (Fsp3) is 0.0556. The van der Waals surface area contributed by atoms with Gasteiger partial charge in [-0.05, 0) is 68.7 Å². The topological polar surface area (TPSA) is 176 Å². The number of esters is 2. The molecule has 0 atom stereocenters. The highest BCUT2D eigenvalue weighted by atomic mass is 16.6. The van der Waals surface area contributed by atoms with Gasteiger partial charge in [0.1, 0.15) is 0 Å². The number of hydrogen-bond donors (Lipinski definition) is 4.